The summed E-state index contributed by atoms with van der Waals surface area (Å²) in [5, 5.41) is 2.77. The molecule has 1 aliphatic rings. The van der Waals surface area contributed by atoms with E-state index in [1.165, 1.54) is 12.1 Å². The van der Waals surface area contributed by atoms with Gasteiger partial charge >= 0.3 is 6.18 Å². The van der Waals surface area contributed by atoms with Gasteiger partial charge in [0.15, 0.2) is 0 Å². The number of piperazine rings is 1. The number of fused-ring (bicyclic) bond motifs is 1. The second-order valence-corrected chi connectivity index (χ2v) is 8.82. The first-order valence-corrected chi connectivity index (χ1v) is 11.4. The molecule has 3 heterocycles. The van der Waals surface area contributed by atoms with Crippen molar-refractivity contribution >= 4 is 33.8 Å². The molecular formula is C25H20F3N3OS. The van der Waals surface area contributed by atoms with Gasteiger partial charge in [0.05, 0.1) is 27.2 Å². The summed E-state index contributed by atoms with van der Waals surface area (Å²) >= 11 is 1.57. The predicted octanol–water partition coefficient (Wildman–Crippen LogP) is 5.94. The molecule has 5 rings (SSSR count). The van der Waals surface area contributed by atoms with E-state index in [4.69, 9.17) is 4.98 Å². The van der Waals surface area contributed by atoms with Crippen molar-refractivity contribution in [3.63, 3.8) is 0 Å². The molecule has 1 amide bonds. The standard InChI is InChI=1S/C25H20F3N3OS/c26-25(27,28)17-5-3-6-18(15-17)30-10-12-31(13-11-30)24(32)20-16-22(23-9-4-14-33-23)29-21-8-2-1-7-19(20)21/h1-9,14-16H,10-13H2. The molecule has 4 nitrogen and oxygen atoms in total. The van der Waals surface area contributed by atoms with Gasteiger partial charge in [0.25, 0.3) is 5.91 Å². The maximum absolute atomic E-state index is 13.5. The number of anilines is 1. The molecule has 0 spiro atoms. The Labute approximate surface area is 192 Å². The third-order valence-corrected chi connectivity index (χ3v) is 6.72. The molecule has 0 aliphatic carbocycles. The Morgan fingerprint density at radius 3 is 2.42 bits per heavy atom. The summed E-state index contributed by atoms with van der Waals surface area (Å²) in [6, 6.07) is 18.7. The first-order valence-electron chi connectivity index (χ1n) is 10.6. The minimum Gasteiger partial charge on any atom is -0.368 e. The third-order valence-electron chi connectivity index (χ3n) is 5.83. The maximum atomic E-state index is 13.5. The first kappa shape index (κ1) is 21.5. The van der Waals surface area contributed by atoms with Crippen molar-refractivity contribution in [1.82, 2.24) is 9.88 Å². The highest BCUT2D eigenvalue weighted by Gasteiger charge is 2.31. The number of carbonyl (C=O) groups excluding carboxylic acids is 1. The quantitative estimate of drug-likeness (QED) is 0.374. The Balaban J connectivity index is 1.39. The highest BCUT2D eigenvalue weighted by Crippen LogP contribution is 2.32. The molecule has 2 aromatic heterocycles. The van der Waals surface area contributed by atoms with E-state index in [0.717, 1.165) is 27.5 Å². The number of alkyl halides is 3. The minimum absolute atomic E-state index is 0.0879. The van der Waals surface area contributed by atoms with Crippen molar-refractivity contribution in [2.75, 3.05) is 31.1 Å². The maximum Gasteiger partial charge on any atom is 0.416 e. The number of nitrogens with zero attached hydrogens (tertiary/aromatic N) is 3. The van der Waals surface area contributed by atoms with Crippen LogP contribution >= 0.6 is 11.3 Å². The van der Waals surface area contributed by atoms with Gasteiger partial charge in [-0.25, -0.2) is 4.98 Å². The molecule has 1 fully saturated rings. The molecule has 168 valence electrons. The fourth-order valence-corrected chi connectivity index (χ4v) is 4.81. The van der Waals surface area contributed by atoms with Crippen molar-refractivity contribution in [3.8, 4) is 10.6 Å². The van der Waals surface area contributed by atoms with Crippen LogP contribution in [0.5, 0.6) is 0 Å². The average Bonchev–Trinajstić information content (AvgIpc) is 3.38. The number of hydrogen-bond acceptors (Lipinski definition) is 4. The van der Waals surface area contributed by atoms with E-state index < -0.39 is 11.7 Å². The first-order chi connectivity index (χ1) is 15.9. The van der Waals surface area contributed by atoms with Gasteiger partial charge in [0.1, 0.15) is 0 Å². The Kier molecular flexibility index (Phi) is 5.54. The van der Waals surface area contributed by atoms with Crippen LogP contribution in [-0.4, -0.2) is 42.0 Å². The monoisotopic (exact) mass is 467 g/mol. The van der Waals surface area contributed by atoms with Crippen LogP contribution in [0.15, 0.2) is 72.1 Å². The highest BCUT2D eigenvalue weighted by atomic mass is 32.1. The Hall–Kier alpha value is -3.39. The zero-order chi connectivity index (χ0) is 23.0. The molecule has 1 aliphatic heterocycles. The number of hydrogen-bond donors (Lipinski definition) is 0. The van der Waals surface area contributed by atoms with Gasteiger partial charge in [-0.05, 0) is 41.8 Å². The number of carbonyl (C=O) groups is 1. The van der Waals surface area contributed by atoms with E-state index in [1.54, 1.807) is 22.3 Å². The number of thiophene rings is 1. The van der Waals surface area contributed by atoms with Crippen LogP contribution in [0.2, 0.25) is 0 Å². The normalized spacial score (nSPS) is 14.6. The zero-order valence-electron chi connectivity index (χ0n) is 17.5. The second kappa shape index (κ2) is 8.51. The van der Waals surface area contributed by atoms with Gasteiger partial charge in [-0.2, -0.15) is 13.2 Å². The van der Waals surface area contributed by atoms with Crippen LogP contribution in [0.25, 0.3) is 21.5 Å². The molecule has 0 radical (unpaired) electrons. The van der Waals surface area contributed by atoms with E-state index in [2.05, 4.69) is 0 Å². The average molecular weight is 468 g/mol. The molecule has 2 aromatic carbocycles. The second-order valence-electron chi connectivity index (χ2n) is 7.88. The number of rotatable bonds is 3. The van der Waals surface area contributed by atoms with E-state index in [1.807, 2.05) is 52.7 Å². The highest BCUT2D eigenvalue weighted by molar-refractivity contribution is 7.13. The Morgan fingerprint density at radius 2 is 1.70 bits per heavy atom. The number of aromatic nitrogens is 1. The molecule has 4 aromatic rings. The van der Waals surface area contributed by atoms with Crippen LogP contribution in [-0.2, 0) is 6.18 Å². The minimum atomic E-state index is -4.38. The molecular weight excluding hydrogens is 447 g/mol. The lowest BCUT2D eigenvalue weighted by Gasteiger charge is -2.36. The van der Waals surface area contributed by atoms with Gasteiger partial charge in [-0.15, -0.1) is 11.3 Å². The van der Waals surface area contributed by atoms with Gasteiger partial charge < -0.3 is 9.80 Å². The lowest BCUT2D eigenvalue weighted by Crippen LogP contribution is -2.48. The van der Waals surface area contributed by atoms with Crippen LogP contribution in [0.3, 0.4) is 0 Å². The summed E-state index contributed by atoms with van der Waals surface area (Å²) in [6.07, 6.45) is -4.38. The van der Waals surface area contributed by atoms with Gasteiger partial charge in [0.2, 0.25) is 0 Å². The van der Waals surface area contributed by atoms with Gasteiger partial charge in [0, 0.05) is 37.3 Å². The van der Waals surface area contributed by atoms with Crippen molar-refractivity contribution in [2.45, 2.75) is 6.18 Å². The number of para-hydroxylation sites is 1. The Bertz CT molecular complexity index is 1300. The Morgan fingerprint density at radius 1 is 0.909 bits per heavy atom. The van der Waals surface area contributed by atoms with E-state index in [9.17, 15) is 18.0 Å². The molecule has 8 heteroatoms. The lowest BCUT2D eigenvalue weighted by atomic mass is 10.0. The lowest BCUT2D eigenvalue weighted by molar-refractivity contribution is -0.137. The van der Waals surface area contributed by atoms with Crippen molar-refractivity contribution in [3.05, 3.63) is 83.2 Å². The summed E-state index contributed by atoms with van der Waals surface area (Å²) in [5.74, 6) is -0.0879. The molecule has 0 atom stereocenters. The van der Waals surface area contributed by atoms with E-state index in [0.29, 0.717) is 37.4 Å². The fourth-order valence-electron chi connectivity index (χ4n) is 4.12. The van der Waals surface area contributed by atoms with Crippen molar-refractivity contribution in [1.29, 1.82) is 0 Å². The summed E-state index contributed by atoms with van der Waals surface area (Å²) in [7, 11) is 0. The molecule has 33 heavy (non-hydrogen) atoms. The van der Waals surface area contributed by atoms with Crippen LogP contribution in [0, 0.1) is 0 Å². The van der Waals surface area contributed by atoms with Gasteiger partial charge in [-0.3, -0.25) is 4.79 Å². The number of halogens is 3. The summed E-state index contributed by atoms with van der Waals surface area (Å²) in [6.45, 7) is 1.79. The molecule has 0 saturated carbocycles. The number of benzene rings is 2. The fraction of sp³-hybridized carbons (Fsp3) is 0.200. The molecule has 0 bridgehead atoms. The summed E-state index contributed by atoms with van der Waals surface area (Å²) in [4.78, 5) is 22.9. The SMILES string of the molecule is O=C(c1cc(-c2cccs2)nc2ccccc12)N1CCN(c2cccc(C(F)(F)F)c2)CC1. The molecule has 0 N–H and O–H groups in total. The molecule has 0 unspecified atom stereocenters. The van der Waals surface area contributed by atoms with E-state index >= 15 is 0 Å². The topological polar surface area (TPSA) is 36.4 Å². The third kappa shape index (κ3) is 4.30. The zero-order valence-corrected chi connectivity index (χ0v) is 18.4. The molecule has 1 saturated heterocycles. The van der Waals surface area contributed by atoms with E-state index in [-0.39, 0.29) is 5.91 Å². The number of amides is 1. The summed E-state index contributed by atoms with van der Waals surface area (Å²) < 4.78 is 39.2. The van der Waals surface area contributed by atoms with Crippen molar-refractivity contribution < 1.29 is 18.0 Å². The van der Waals surface area contributed by atoms with Crippen LogP contribution in [0.1, 0.15) is 15.9 Å². The summed E-state index contributed by atoms with van der Waals surface area (Å²) in [5.41, 5.74) is 1.97. The van der Waals surface area contributed by atoms with Crippen LogP contribution < -0.4 is 4.90 Å². The largest absolute Gasteiger partial charge is 0.416 e. The smallest absolute Gasteiger partial charge is 0.368 e. The van der Waals surface area contributed by atoms with Crippen LogP contribution in [0.4, 0.5) is 18.9 Å². The van der Waals surface area contributed by atoms with Gasteiger partial charge in [-0.1, -0.05) is 30.3 Å². The predicted molar refractivity (Wildman–Crippen MR) is 125 cm³/mol. The van der Waals surface area contributed by atoms with Crippen molar-refractivity contribution in [2.24, 2.45) is 0 Å². The number of pyridine rings is 1.